The lowest BCUT2D eigenvalue weighted by molar-refractivity contribution is 0.0524. The van der Waals surface area contributed by atoms with Gasteiger partial charge in [0.15, 0.2) is 0 Å². The Hall–Kier alpha value is -1.04. The second-order valence-corrected chi connectivity index (χ2v) is 5.49. The van der Waals surface area contributed by atoms with Crippen molar-refractivity contribution in [2.45, 2.75) is 52.1 Å². The summed E-state index contributed by atoms with van der Waals surface area (Å²) in [6.07, 6.45) is 2.81. The summed E-state index contributed by atoms with van der Waals surface area (Å²) in [7, 11) is 0. The first-order chi connectivity index (χ1) is 9.51. The van der Waals surface area contributed by atoms with Crippen molar-refractivity contribution in [1.82, 2.24) is 4.57 Å². The lowest BCUT2D eigenvalue weighted by atomic mass is 10.0. The maximum absolute atomic E-state index is 12.2. The van der Waals surface area contributed by atoms with Gasteiger partial charge in [-0.3, -0.25) is 0 Å². The molecule has 1 saturated carbocycles. The fraction of sp³-hybridized carbons (Fsp3) is 0.667. The molecule has 1 atom stereocenters. The number of aromatic nitrogens is 1. The lowest BCUT2D eigenvalue weighted by Crippen LogP contribution is -2.28. The average Bonchev–Trinajstić information content (AvgIpc) is 3.19. The van der Waals surface area contributed by atoms with Gasteiger partial charge < -0.3 is 20.1 Å². The standard InChI is InChI=1S/C15H24N2O3.ClH/c1-4-20-15(19)14-10(3)17(12-5-6-12)9(2)13(14)7-11(16)8-18;/h11-12,18H,4-8,16H2,1-3H3;1H. The minimum atomic E-state index is -0.351. The van der Waals surface area contributed by atoms with Gasteiger partial charge in [0.05, 0.1) is 18.8 Å². The van der Waals surface area contributed by atoms with Gasteiger partial charge in [-0.25, -0.2) is 4.79 Å². The van der Waals surface area contributed by atoms with Crippen LogP contribution in [0.25, 0.3) is 0 Å². The number of aliphatic hydroxyl groups is 1. The Morgan fingerprint density at radius 2 is 2.05 bits per heavy atom. The summed E-state index contributed by atoms with van der Waals surface area (Å²) in [6, 6.07) is 0.151. The molecule has 5 nitrogen and oxygen atoms in total. The molecule has 6 heteroatoms. The number of aliphatic hydroxyl groups excluding tert-OH is 1. The molecule has 3 N–H and O–H groups in total. The quantitative estimate of drug-likeness (QED) is 0.786. The smallest absolute Gasteiger partial charge is 0.340 e. The van der Waals surface area contributed by atoms with Gasteiger partial charge in [0.1, 0.15) is 0 Å². The molecule has 0 amide bonds. The molecule has 1 unspecified atom stereocenters. The van der Waals surface area contributed by atoms with Crippen LogP contribution in [-0.2, 0) is 11.2 Å². The number of carbonyl (C=O) groups is 1. The highest BCUT2D eigenvalue weighted by Crippen LogP contribution is 2.40. The molecule has 0 aromatic carbocycles. The highest BCUT2D eigenvalue weighted by atomic mass is 35.5. The lowest BCUT2D eigenvalue weighted by Gasteiger charge is -2.10. The summed E-state index contributed by atoms with van der Waals surface area (Å²) in [5.41, 5.74) is 9.46. The molecule has 1 aliphatic rings. The molecule has 120 valence electrons. The van der Waals surface area contributed by atoms with Crippen LogP contribution in [0.3, 0.4) is 0 Å². The molecule has 21 heavy (non-hydrogen) atoms. The summed E-state index contributed by atoms with van der Waals surface area (Å²) in [4.78, 5) is 12.2. The van der Waals surface area contributed by atoms with Crippen molar-refractivity contribution in [2.24, 2.45) is 5.73 Å². The van der Waals surface area contributed by atoms with Crippen molar-refractivity contribution in [2.75, 3.05) is 13.2 Å². The predicted octanol–water partition coefficient (Wildman–Crippen LogP) is 1.90. The Morgan fingerprint density at radius 3 is 2.52 bits per heavy atom. The Balaban J connectivity index is 0.00000220. The number of nitrogens with two attached hydrogens (primary N) is 1. The zero-order chi connectivity index (χ0) is 14.9. The third kappa shape index (κ3) is 3.59. The molecule has 1 aliphatic carbocycles. The van der Waals surface area contributed by atoms with Crippen LogP contribution in [0.4, 0.5) is 0 Å². The summed E-state index contributed by atoms with van der Waals surface area (Å²) in [5, 5.41) is 9.17. The summed E-state index contributed by atoms with van der Waals surface area (Å²) < 4.78 is 7.41. The zero-order valence-corrected chi connectivity index (χ0v) is 13.7. The van der Waals surface area contributed by atoms with Gasteiger partial charge >= 0.3 is 5.97 Å². The van der Waals surface area contributed by atoms with Gasteiger partial charge in [-0.05, 0) is 45.6 Å². The Morgan fingerprint density at radius 1 is 1.43 bits per heavy atom. The van der Waals surface area contributed by atoms with Crippen LogP contribution in [-0.4, -0.2) is 34.9 Å². The Labute approximate surface area is 131 Å². The van der Waals surface area contributed by atoms with Crippen molar-refractivity contribution in [3.63, 3.8) is 0 Å². The zero-order valence-electron chi connectivity index (χ0n) is 12.9. The first-order valence-corrected chi connectivity index (χ1v) is 7.25. The second-order valence-electron chi connectivity index (χ2n) is 5.49. The average molecular weight is 317 g/mol. The number of ether oxygens (including phenoxy) is 1. The Kier molecular flexibility index (Phi) is 6.25. The van der Waals surface area contributed by atoms with E-state index in [4.69, 9.17) is 15.6 Å². The molecule has 1 aromatic rings. The first kappa shape index (κ1) is 18.0. The third-order valence-corrected chi connectivity index (χ3v) is 3.92. The van der Waals surface area contributed by atoms with E-state index in [2.05, 4.69) is 4.57 Å². The van der Waals surface area contributed by atoms with Crippen LogP contribution in [0, 0.1) is 13.8 Å². The highest BCUT2D eigenvalue weighted by molar-refractivity contribution is 5.93. The predicted molar refractivity (Wildman–Crippen MR) is 84.1 cm³/mol. The van der Waals surface area contributed by atoms with Crippen LogP contribution in [0.2, 0.25) is 0 Å². The fourth-order valence-corrected chi connectivity index (χ4v) is 2.85. The van der Waals surface area contributed by atoms with Crippen molar-refractivity contribution >= 4 is 18.4 Å². The minimum Gasteiger partial charge on any atom is -0.462 e. The molecule has 2 rings (SSSR count). The van der Waals surface area contributed by atoms with Crippen molar-refractivity contribution < 1.29 is 14.6 Å². The topological polar surface area (TPSA) is 77.5 Å². The summed E-state index contributed by atoms with van der Waals surface area (Å²) >= 11 is 0. The number of hydrogen-bond acceptors (Lipinski definition) is 4. The van der Waals surface area contributed by atoms with E-state index < -0.39 is 0 Å². The second kappa shape index (κ2) is 7.29. The normalized spacial score (nSPS) is 15.5. The van der Waals surface area contributed by atoms with Gasteiger partial charge in [0.25, 0.3) is 0 Å². The third-order valence-electron chi connectivity index (χ3n) is 3.92. The van der Waals surface area contributed by atoms with Gasteiger partial charge in [-0.15, -0.1) is 12.4 Å². The molecular formula is C15H25ClN2O3. The monoisotopic (exact) mass is 316 g/mol. The molecule has 0 aliphatic heterocycles. The molecular weight excluding hydrogens is 292 g/mol. The van der Waals surface area contributed by atoms with E-state index in [1.807, 2.05) is 13.8 Å². The minimum absolute atomic E-state index is 0. The Bertz CT molecular complexity index is 510. The van der Waals surface area contributed by atoms with Crippen LogP contribution in [0.15, 0.2) is 0 Å². The summed E-state index contributed by atoms with van der Waals surface area (Å²) in [5.74, 6) is -0.285. The SMILES string of the molecule is CCOC(=O)c1c(CC(N)CO)c(C)n(C2CC2)c1C.Cl. The van der Waals surface area contributed by atoms with Crippen LogP contribution in [0.5, 0.6) is 0 Å². The van der Waals surface area contributed by atoms with E-state index >= 15 is 0 Å². The van der Waals surface area contributed by atoms with Crippen molar-refractivity contribution in [3.8, 4) is 0 Å². The number of nitrogens with zero attached hydrogens (tertiary/aromatic N) is 1. The van der Waals surface area contributed by atoms with E-state index in [0.717, 1.165) is 29.8 Å². The molecule has 1 heterocycles. The van der Waals surface area contributed by atoms with E-state index in [-0.39, 0.29) is 31.0 Å². The fourth-order valence-electron chi connectivity index (χ4n) is 2.85. The van der Waals surface area contributed by atoms with Crippen molar-refractivity contribution in [1.29, 1.82) is 0 Å². The highest BCUT2D eigenvalue weighted by Gasteiger charge is 2.32. The maximum Gasteiger partial charge on any atom is 0.340 e. The van der Waals surface area contributed by atoms with Gasteiger partial charge in [0.2, 0.25) is 0 Å². The molecule has 0 spiro atoms. The number of rotatable bonds is 6. The number of carbonyl (C=O) groups excluding carboxylic acids is 1. The number of hydrogen-bond donors (Lipinski definition) is 2. The van der Waals surface area contributed by atoms with E-state index in [0.29, 0.717) is 24.6 Å². The van der Waals surface area contributed by atoms with Crippen LogP contribution < -0.4 is 5.73 Å². The number of halogens is 1. The van der Waals surface area contributed by atoms with Crippen LogP contribution in [0.1, 0.15) is 53.1 Å². The largest absolute Gasteiger partial charge is 0.462 e. The van der Waals surface area contributed by atoms with E-state index in [9.17, 15) is 4.79 Å². The first-order valence-electron chi connectivity index (χ1n) is 7.25. The molecule has 0 bridgehead atoms. The molecule has 1 aromatic heterocycles. The number of esters is 1. The molecule has 0 radical (unpaired) electrons. The van der Waals surface area contributed by atoms with Crippen LogP contribution >= 0.6 is 12.4 Å². The van der Waals surface area contributed by atoms with E-state index in [1.54, 1.807) is 6.92 Å². The molecule has 0 saturated heterocycles. The van der Waals surface area contributed by atoms with E-state index in [1.165, 1.54) is 0 Å². The summed E-state index contributed by atoms with van der Waals surface area (Å²) in [6.45, 7) is 6.06. The van der Waals surface area contributed by atoms with Gasteiger partial charge in [0, 0.05) is 23.5 Å². The molecule has 1 fully saturated rings. The van der Waals surface area contributed by atoms with Gasteiger partial charge in [-0.1, -0.05) is 0 Å². The maximum atomic E-state index is 12.2. The van der Waals surface area contributed by atoms with Gasteiger partial charge in [-0.2, -0.15) is 0 Å². The van der Waals surface area contributed by atoms with Crippen molar-refractivity contribution in [3.05, 3.63) is 22.5 Å².